The molecule has 1 saturated carbocycles. The Morgan fingerprint density at radius 2 is 1.83 bits per heavy atom. The van der Waals surface area contributed by atoms with Crippen molar-refractivity contribution in [1.82, 2.24) is 4.90 Å². The third kappa shape index (κ3) is 5.50. The summed E-state index contributed by atoms with van der Waals surface area (Å²) in [5.41, 5.74) is 7.40. The number of nitrogens with two attached hydrogens (primary N) is 1. The van der Waals surface area contributed by atoms with Crippen LogP contribution < -0.4 is 10.5 Å². The zero-order valence-electron chi connectivity index (χ0n) is 15.0. The molecule has 2 N–H and O–H groups in total. The summed E-state index contributed by atoms with van der Waals surface area (Å²) in [7, 11) is 2.24. The van der Waals surface area contributed by atoms with Crippen molar-refractivity contribution in [1.29, 1.82) is 0 Å². The maximum atomic E-state index is 6.09. The lowest BCUT2D eigenvalue weighted by Gasteiger charge is -2.37. The Hall–Kier alpha value is -1.06. The fourth-order valence-corrected chi connectivity index (χ4v) is 3.61. The van der Waals surface area contributed by atoms with Gasteiger partial charge >= 0.3 is 0 Å². The van der Waals surface area contributed by atoms with Crippen molar-refractivity contribution in [2.24, 2.45) is 5.73 Å². The molecule has 1 unspecified atom stereocenters. The second-order valence-electron chi connectivity index (χ2n) is 6.83. The molecule has 1 aromatic rings. The second kappa shape index (κ2) is 9.94. The van der Waals surface area contributed by atoms with Gasteiger partial charge in [-0.25, -0.2) is 0 Å². The van der Waals surface area contributed by atoms with Gasteiger partial charge in [-0.3, -0.25) is 4.90 Å². The second-order valence-corrected chi connectivity index (χ2v) is 6.83. The number of unbranched alkanes of at least 4 members (excludes halogenated alkanes) is 2. The highest BCUT2D eigenvalue weighted by Gasteiger charge is 2.24. The van der Waals surface area contributed by atoms with Gasteiger partial charge in [-0.15, -0.1) is 0 Å². The van der Waals surface area contributed by atoms with Crippen LogP contribution in [0.1, 0.15) is 69.9 Å². The first-order chi connectivity index (χ1) is 11.3. The highest BCUT2D eigenvalue weighted by Crippen LogP contribution is 2.29. The topological polar surface area (TPSA) is 38.5 Å². The molecular formula is C20H34N2O. The molecule has 1 aromatic carbocycles. The van der Waals surface area contributed by atoms with Crippen LogP contribution in [0, 0.1) is 0 Å². The average molecular weight is 319 g/mol. The minimum atomic E-state index is 0.312. The van der Waals surface area contributed by atoms with Crippen molar-refractivity contribution in [3.8, 4) is 5.75 Å². The monoisotopic (exact) mass is 318 g/mol. The standard InChI is InChI=1S/C20H34N2O/c1-3-4-8-15-23-19-13-11-17(12-14-19)20(16-21)22(2)18-9-6-5-7-10-18/h11-14,18,20H,3-10,15-16,21H2,1-2H3. The highest BCUT2D eigenvalue weighted by molar-refractivity contribution is 5.29. The Bertz CT molecular complexity index is 426. The number of benzene rings is 1. The summed E-state index contributed by atoms with van der Waals surface area (Å²) in [6.07, 6.45) is 10.3. The van der Waals surface area contributed by atoms with Gasteiger partial charge in [0.2, 0.25) is 0 Å². The zero-order chi connectivity index (χ0) is 16.5. The van der Waals surface area contributed by atoms with Gasteiger partial charge in [0.05, 0.1) is 6.61 Å². The Labute approximate surface area is 142 Å². The molecule has 130 valence electrons. The molecule has 3 nitrogen and oxygen atoms in total. The first-order valence-corrected chi connectivity index (χ1v) is 9.41. The molecule has 3 heteroatoms. The van der Waals surface area contributed by atoms with Gasteiger partial charge in [0.25, 0.3) is 0 Å². The molecule has 0 radical (unpaired) electrons. The van der Waals surface area contributed by atoms with E-state index in [9.17, 15) is 0 Å². The Morgan fingerprint density at radius 1 is 1.13 bits per heavy atom. The quantitative estimate of drug-likeness (QED) is 0.680. The lowest BCUT2D eigenvalue weighted by atomic mass is 9.92. The van der Waals surface area contributed by atoms with E-state index in [1.54, 1.807) is 0 Å². The maximum Gasteiger partial charge on any atom is 0.119 e. The van der Waals surface area contributed by atoms with Crippen molar-refractivity contribution >= 4 is 0 Å². The van der Waals surface area contributed by atoms with Crippen LogP contribution in [0.2, 0.25) is 0 Å². The van der Waals surface area contributed by atoms with E-state index in [0.717, 1.165) is 18.8 Å². The lowest BCUT2D eigenvalue weighted by molar-refractivity contribution is 0.140. The van der Waals surface area contributed by atoms with Gasteiger partial charge in [-0.05, 0) is 44.0 Å². The summed E-state index contributed by atoms with van der Waals surface area (Å²) in [6, 6.07) is 9.56. The molecular weight excluding hydrogens is 284 g/mol. The van der Waals surface area contributed by atoms with Crippen LogP contribution in [0.15, 0.2) is 24.3 Å². The van der Waals surface area contributed by atoms with E-state index >= 15 is 0 Å². The minimum absolute atomic E-state index is 0.312. The SMILES string of the molecule is CCCCCOc1ccc(C(CN)N(C)C2CCCCC2)cc1. The number of hydrogen-bond donors (Lipinski definition) is 1. The highest BCUT2D eigenvalue weighted by atomic mass is 16.5. The van der Waals surface area contributed by atoms with Gasteiger partial charge in [0, 0.05) is 18.6 Å². The third-order valence-electron chi connectivity index (χ3n) is 5.15. The molecule has 0 aromatic heterocycles. The van der Waals surface area contributed by atoms with Crippen LogP contribution >= 0.6 is 0 Å². The van der Waals surface area contributed by atoms with E-state index in [-0.39, 0.29) is 0 Å². The molecule has 1 fully saturated rings. The molecule has 0 amide bonds. The Kier molecular flexibility index (Phi) is 7.90. The van der Waals surface area contributed by atoms with Crippen LogP contribution in [0.4, 0.5) is 0 Å². The van der Waals surface area contributed by atoms with Crippen LogP contribution in [0.3, 0.4) is 0 Å². The third-order valence-corrected chi connectivity index (χ3v) is 5.15. The minimum Gasteiger partial charge on any atom is -0.494 e. The zero-order valence-corrected chi connectivity index (χ0v) is 15.0. The van der Waals surface area contributed by atoms with Crippen LogP contribution in [0.5, 0.6) is 5.75 Å². The summed E-state index contributed by atoms with van der Waals surface area (Å²) >= 11 is 0. The smallest absolute Gasteiger partial charge is 0.119 e. The molecule has 1 aliphatic carbocycles. The molecule has 0 saturated heterocycles. The van der Waals surface area contributed by atoms with E-state index in [2.05, 4.69) is 43.1 Å². The summed E-state index contributed by atoms with van der Waals surface area (Å²) in [5, 5.41) is 0. The first kappa shape index (κ1) is 18.3. The van der Waals surface area contributed by atoms with Crippen molar-refractivity contribution in [2.75, 3.05) is 20.2 Å². The average Bonchev–Trinajstić information content (AvgIpc) is 2.61. The molecule has 0 aliphatic heterocycles. The predicted molar refractivity (Wildman–Crippen MR) is 97.9 cm³/mol. The van der Waals surface area contributed by atoms with E-state index in [1.165, 1.54) is 50.5 Å². The molecule has 0 spiro atoms. The molecule has 0 bridgehead atoms. The van der Waals surface area contributed by atoms with Gasteiger partial charge in [-0.1, -0.05) is 51.2 Å². The van der Waals surface area contributed by atoms with Crippen LogP contribution in [0.25, 0.3) is 0 Å². The first-order valence-electron chi connectivity index (χ1n) is 9.41. The Morgan fingerprint density at radius 3 is 2.43 bits per heavy atom. The number of nitrogens with zero attached hydrogens (tertiary/aromatic N) is 1. The lowest BCUT2D eigenvalue weighted by Crippen LogP contribution is -2.39. The number of hydrogen-bond acceptors (Lipinski definition) is 3. The van der Waals surface area contributed by atoms with Crippen molar-refractivity contribution in [3.05, 3.63) is 29.8 Å². The molecule has 0 heterocycles. The summed E-state index contributed by atoms with van der Waals surface area (Å²) in [4.78, 5) is 2.50. The molecule has 1 aliphatic rings. The van der Waals surface area contributed by atoms with E-state index in [4.69, 9.17) is 10.5 Å². The molecule has 23 heavy (non-hydrogen) atoms. The van der Waals surface area contributed by atoms with Gasteiger partial charge < -0.3 is 10.5 Å². The number of likely N-dealkylation sites (N-methyl/N-ethyl adjacent to an activating group) is 1. The summed E-state index contributed by atoms with van der Waals surface area (Å²) in [6.45, 7) is 3.70. The van der Waals surface area contributed by atoms with Crippen molar-refractivity contribution < 1.29 is 4.74 Å². The van der Waals surface area contributed by atoms with Gasteiger partial charge in [0.1, 0.15) is 5.75 Å². The molecule has 2 rings (SSSR count). The van der Waals surface area contributed by atoms with E-state index in [0.29, 0.717) is 18.6 Å². The fraction of sp³-hybridized carbons (Fsp3) is 0.700. The van der Waals surface area contributed by atoms with Gasteiger partial charge in [0.15, 0.2) is 0 Å². The molecule has 1 atom stereocenters. The maximum absolute atomic E-state index is 6.09. The summed E-state index contributed by atoms with van der Waals surface area (Å²) in [5.74, 6) is 0.973. The number of rotatable bonds is 9. The predicted octanol–water partition coefficient (Wildman–Crippen LogP) is 4.52. The van der Waals surface area contributed by atoms with E-state index < -0.39 is 0 Å². The normalized spacial score (nSPS) is 17.4. The largest absolute Gasteiger partial charge is 0.494 e. The number of ether oxygens (including phenoxy) is 1. The van der Waals surface area contributed by atoms with Crippen LogP contribution in [-0.2, 0) is 0 Å². The van der Waals surface area contributed by atoms with Crippen molar-refractivity contribution in [3.63, 3.8) is 0 Å². The summed E-state index contributed by atoms with van der Waals surface area (Å²) < 4.78 is 5.81. The van der Waals surface area contributed by atoms with Gasteiger partial charge in [-0.2, -0.15) is 0 Å². The fourth-order valence-electron chi connectivity index (χ4n) is 3.61. The Balaban J connectivity index is 1.92. The van der Waals surface area contributed by atoms with Crippen LogP contribution in [-0.4, -0.2) is 31.1 Å². The van der Waals surface area contributed by atoms with Crippen molar-refractivity contribution in [2.45, 2.75) is 70.4 Å². The van der Waals surface area contributed by atoms with E-state index in [1.807, 2.05) is 0 Å².